The zero-order valence-corrected chi connectivity index (χ0v) is 16.3. The molecule has 0 spiro atoms. The number of fused-ring (bicyclic) bond motifs is 1. The molecule has 0 amide bonds. The van der Waals surface area contributed by atoms with Crippen LogP contribution >= 0.6 is 11.6 Å². The molecule has 0 bridgehead atoms. The maximum absolute atomic E-state index is 13.6. The summed E-state index contributed by atoms with van der Waals surface area (Å²) in [5, 5.41) is 3.73. The summed E-state index contributed by atoms with van der Waals surface area (Å²) in [5.74, 6) is 5.33. The summed E-state index contributed by atoms with van der Waals surface area (Å²) >= 11 is 5.60. The second-order valence-electron chi connectivity index (χ2n) is 6.38. The molecule has 0 aliphatic carbocycles. The Bertz CT molecular complexity index is 1350. The van der Waals surface area contributed by atoms with E-state index in [0.29, 0.717) is 16.1 Å². The van der Waals surface area contributed by atoms with E-state index in [1.54, 1.807) is 0 Å². The predicted octanol–water partition coefficient (Wildman–Crippen LogP) is 5.28. The van der Waals surface area contributed by atoms with Crippen LogP contribution in [-0.2, 0) is 12.4 Å². The highest BCUT2D eigenvalue weighted by atomic mass is 35.5. The number of aromatic nitrogens is 5. The molecule has 3 heterocycles. The second-order valence-corrected chi connectivity index (χ2v) is 6.72. The van der Waals surface area contributed by atoms with Gasteiger partial charge in [-0.1, -0.05) is 24.0 Å². The van der Waals surface area contributed by atoms with Crippen LogP contribution < -0.4 is 0 Å². The summed E-state index contributed by atoms with van der Waals surface area (Å²) < 4.78 is 79.9. The van der Waals surface area contributed by atoms with Gasteiger partial charge >= 0.3 is 12.4 Å². The van der Waals surface area contributed by atoms with Crippen LogP contribution in [0.2, 0.25) is 5.28 Å². The molecule has 0 aliphatic rings. The molecule has 0 N–H and O–H groups in total. The third kappa shape index (κ3) is 4.36. The molecule has 5 nitrogen and oxygen atoms in total. The molecule has 4 aromatic rings. The lowest BCUT2D eigenvalue weighted by atomic mass is 10.1. The third-order valence-electron chi connectivity index (χ3n) is 4.23. The van der Waals surface area contributed by atoms with E-state index in [-0.39, 0.29) is 27.8 Å². The van der Waals surface area contributed by atoms with Crippen molar-refractivity contribution in [3.05, 3.63) is 76.6 Å². The van der Waals surface area contributed by atoms with E-state index in [1.807, 2.05) is 0 Å². The third-order valence-corrected chi connectivity index (χ3v) is 4.43. The van der Waals surface area contributed by atoms with Crippen LogP contribution in [0.15, 0.2) is 48.9 Å². The molecule has 0 fully saturated rings. The molecule has 12 heteroatoms. The van der Waals surface area contributed by atoms with Crippen molar-refractivity contribution in [1.29, 1.82) is 0 Å². The average molecular weight is 468 g/mol. The number of rotatable bonds is 1. The van der Waals surface area contributed by atoms with Crippen LogP contribution in [0.25, 0.3) is 16.9 Å². The molecular formula is C20H8ClF6N5. The average Bonchev–Trinajstić information content (AvgIpc) is 3.14. The molecule has 1 aromatic carbocycles. The standard InChI is InChI=1S/C20H8ClF6N5/c21-18-28-8-11(9-29-18)1-2-13-10-30-32-16(20(25,26)27)7-15(31-17(13)32)12-3-5-14(6-4-12)19(22,23)24/h3-10H. The molecule has 0 saturated carbocycles. The van der Waals surface area contributed by atoms with E-state index in [9.17, 15) is 26.3 Å². The van der Waals surface area contributed by atoms with Crippen LogP contribution in [-0.4, -0.2) is 24.6 Å². The Morgan fingerprint density at radius 1 is 0.844 bits per heavy atom. The minimum Gasteiger partial charge on any atom is -0.227 e. The maximum Gasteiger partial charge on any atom is 0.433 e. The first kappa shape index (κ1) is 21.6. The smallest absolute Gasteiger partial charge is 0.227 e. The van der Waals surface area contributed by atoms with Crippen molar-refractivity contribution in [3.8, 4) is 23.1 Å². The van der Waals surface area contributed by atoms with Gasteiger partial charge in [-0.15, -0.1) is 0 Å². The topological polar surface area (TPSA) is 56.0 Å². The summed E-state index contributed by atoms with van der Waals surface area (Å²) in [5.41, 5.74) is -1.99. The normalized spacial score (nSPS) is 12.0. The van der Waals surface area contributed by atoms with E-state index < -0.39 is 23.6 Å². The molecule has 0 unspecified atom stereocenters. The van der Waals surface area contributed by atoms with Gasteiger partial charge in [0.25, 0.3) is 0 Å². The number of hydrogen-bond donors (Lipinski definition) is 0. The van der Waals surface area contributed by atoms with Gasteiger partial charge in [-0.2, -0.15) is 31.4 Å². The largest absolute Gasteiger partial charge is 0.433 e. The minimum atomic E-state index is -4.80. The Morgan fingerprint density at radius 2 is 1.50 bits per heavy atom. The lowest BCUT2D eigenvalue weighted by molar-refractivity contribution is -0.142. The molecule has 0 saturated heterocycles. The zero-order chi connectivity index (χ0) is 23.1. The monoisotopic (exact) mass is 467 g/mol. The van der Waals surface area contributed by atoms with E-state index in [2.05, 4.69) is 31.9 Å². The zero-order valence-electron chi connectivity index (χ0n) is 15.5. The van der Waals surface area contributed by atoms with Crippen molar-refractivity contribution in [3.63, 3.8) is 0 Å². The number of benzene rings is 1. The van der Waals surface area contributed by atoms with Gasteiger partial charge in [0.1, 0.15) is 0 Å². The van der Waals surface area contributed by atoms with Crippen molar-refractivity contribution < 1.29 is 26.3 Å². The Hall–Kier alpha value is -3.65. The first-order valence-corrected chi connectivity index (χ1v) is 9.03. The SMILES string of the molecule is FC(F)(F)c1ccc(-c2cc(C(F)(F)F)n3ncc(C#Cc4cnc(Cl)nc4)c3n2)cc1. The van der Waals surface area contributed by atoms with Gasteiger partial charge in [0.2, 0.25) is 5.28 Å². The summed E-state index contributed by atoms with van der Waals surface area (Å²) in [4.78, 5) is 11.7. The maximum atomic E-state index is 13.6. The first-order valence-electron chi connectivity index (χ1n) is 8.65. The second kappa shape index (κ2) is 7.80. The summed E-state index contributed by atoms with van der Waals surface area (Å²) in [6.45, 7) is 0. The minimum absolute atomic E-state index is 0.00389. The quantitative estimate of drug-likeness (QED) is 0.217. The summed E-state index contributed by atoms with van der Waals surface area (Å²) in [6, 6.07) is 4.36. The molecule has 4 rings (SSSR count). The Kier molecular flexibility index (Phi) is 5.26. The van der Waals surface area contributed by atoms with Crippen molar-refractivity contribution in [2.45, 2.75) is 12.4 Å². The van der Waals surface area contributed by atoms with Crippen LogP contribution in [0, 0.1) is 11.8 Å². The molecule has 162 valence electrons. The van der Waals surface area contributed by atoms with Gasteiger partial charge in [-0.05, 0) is 29.8 Å². The van der Waals surface area contributed by atoms with E-state index in [0.717, 1.165) is 30.5 Å². The number of halogens is 7. The highest BCUT2D eigenvalue weighted by Gasteiger charge is 2.36. The molecule has 32 heavy (non-hydrogen) atoms. The Balaban J connectivity index is 1.85. The van der Waals surface area contributed by atoms with Crippen LogP contribution in [0.3, 0.4) is 0 Å². The van der Waals surface area contributed by atoms with Gasteiger partial charge in [0, 0.05) is 18.0 Å². The van der Waals surface area contributed by atoms with Gasteiger partial charge in [0.05, 0.1) is 28.6 Å². The fraction of sp³-hybridized carbons (Fsp3) is 0.100. The van der Waals surface area contributed by atoms with Gasteiger partial charge in [-0.25, -0.2) is 19.5 Å². The van der Waals surface area contributed by atoms with Crippen molar-refractivity contribution in [2.75, 3.05) is 0 Å². The summed E-state index contributed by atoms with van der Waals surface area (Å²) in [7, 11) is 0. The van der Waals surface area contributed by atoms with Gasteiger partial charge in [0.15, 0.2) is 11.3 Å². The Morgan fingerprint density at radius 3 is 2.09 bits per heavy atom. The van der Waals surface area contributed by atoms with E-state index >= 15 is 0 Å². The van der Waals surface area contributed by atoms with Crippen LogP contribution in [0.5, 0.6) is 0 Å². The molecule has 0 atom stereocenters. The molecule has 0 aliphatic heterocycles. The Labute approximate surface area is 180 Å². The number of hydrogen-bond acceptors (Lipinski definition) is 4. The van der Waals surface area contributed by atoms with Gasteiger partial charge < -0.3 is 0 Å². The van der Waals surface area contributed by atoms with E-state index in [4.69, 9.17) is 11.6 Å². The number of alkyl halides is 6. The molecule has 3 aromatic heterocycles. The van der Waals surface area contributed by atoms with Crippen LogP contribution in [0.1, 0.15) is 22.4 Å². The fourth-order valence-corrected chi connectivity index (χ4v) is 2.84. The molecule has 0 radical (unpaired) electrons. The highest BCUT2D eigenvalue weighted by Crippen LogP contribution is 2.34. The van der Waals surface area contributed by atoms with Crippen molar-refractivity contribution in [2.24, 2.45) is 0 Å². The highest BCUT2D eigenvalue weighted by molar-refractivity contribution is 6.28. The number of nitrogens with zero attached hydrogens (tertiary/aromatic N) is 5. The van der Waals surface area contributed by atoms with Crippen molar-refractivity contribution in [1.82, 2.24) is 24.6 Å². The predicted molar refractivity (Wildman–Crippen MR) is 101 cm³/mol. The lowest BCUT2D eigenvalue weighted by Crippen LogP contribution is -2.13. The van der Waals surface area contributed by atoms with Gasteiger partial charge in [-0.3, -0.25) is 0 Å². The lowest BCUT2D eigenvalue weighted by Gasteiger charge is -2.12. The van der Waals surface area contributed by atoms with Crippen molar-refractivity contribution >= 4 is 17.2 Å². The first-order chi connectivity index (χ1) is 15.0. The van der Waals surface area contributed by atoms with Crippen LogP contribution in [0.4, 0.5) is 26.3 Å². The fourth-order valence-electron chi connectivity index (χ4n) is 2.75. The molecular weight excluding hydrogens is 460 g/mol. The summed E-state index contributed by atoms with van der Waals surface area (Å²) in [6.07, 6.45) is -5.61. The van der Waals surface area contributed by atoms with E-state index in [1.165, 1.54) is 12.4 Å².